The van der Waals surface area contributed by atoms with Crippen molar-refractivity contribution in [2.24, 2.45) is 0 Å². The number of rotatable bonds is 9. The Bertz CT molecular complexity index is 3330. The first-order chi connectivity index (χ1) is 36.2. The van der Waals surface area contributed by atoms with E-state index in [0.717, 1.165) is 53.0 Å². The maximum atomic E-state index is 4.85. The topological polar surface area (TPSA) is 38.7 Å². The lowest BCUT2D eigenvalue weighted by Gasteiger charge is -2.38. The first-order valence-corrected chi connectivity index (χ1v) is 27.7. The second kappa shape index (κ2) is 20.7. The lowest BCUT2D eigenvalue weighted by atomic mass is 9.66. The normalized spacial score (nSPS) is 16.4. The highest BCUT2D eigenvalue weighted by Crippen LogP contribution is 2.53. The first kappa shape index (κ1) is 52.2. The summed E-state index contributed by atoms with van der Waals surface area (Å²) in [5.74, 6) is 0.908. The molecule has 0 N–H and O–H groups in total. The van der Waals surface area contributed by atoms with Gasteiger partial charge in [0.2, 0.25) is 0 Å². The standard InChI is InChI=1S/C73H77N3/c1-70(2,3)57-33-34-65(66(44-57)50-25-31-53(32-26-50)69-47-60(37-40-76-69)73(10,11)12)56-42-54(63-19-15-13-17-61(63)48-21-27-51(28-22-48)67-45-58(35-38-74-67)71(4,5)6)41-55(43-56)64-20-16-14-18-62(64)49-23-29-52(30-24-49)68-46-59(36-39-75-68)72(7,8)9/h13-40,44-47,54-56H,41-43H2,1-12H3. The third-order valence-electron chi connectivity index (χ3n) is 16.2. The van der Waals surface area contributed by atoms with Gasteiger partial charge in [-0.15, -0.1) is 0 Å². The van der Waals surface area contributed by atoms with Crippen LogP contribution in [0.25, 0.3) is 67.2 Å². The quantitative estimate of drug-likeness (QED) is 0.145. The molecule has 0 radical (unpaired) electrons. The van der Waals surface area contributed by atoms with Crippen molar-refractivity contribution < 1.29 is 0 Å². The molecule has 3 aromatic heterocycles. The fraction of sp³-hybridized carbons (Fsp3) is 0.301. The van der Waals surface area contributed by atoms with Crippen molar-refractivity contribution in [2.45, 2.75) is 142 Å². The summed E-state index contributed by atoms with van der Waals surface area (Å²) < 4.78 is 0. The highest BCUT2D eigenvalue weighted by Gasteiger charge is 2.35. The molecule has 1 aliphatic rings. The first-order valence-electron chi connectivity index (χ1n) is 27.7. The van der Waals surface area contributed by atoms with E-state index >= 15 is 0 Å². The van der Waals surface area contributed by atoms with Crippen LogP contribution in [-0.2, 0) is 21.7 Å². The van der Waals surface area contributed by atoms with Gasteiger partial charge < -0.3 is 0 Å². The molecule has 2 unspecified atom stereocenters. The zero-order valence-corrected chi connectivity index (χ0v) is 47.2. The fourth-order valence-corrected chi connectivity index (χ4v) is 11.6. The van der Waals surface area contributed by atoms with E-state index in [4.69, 9.17) is 15.0 Å². The molecule has 2 atom stereocenters. The van der Waals surface area contributed by atoms with Crippen LogP contribution in [0.2, 0.25) is 0 Å². The largest absolute Gasteiger partial charge is 0.256 e. The van der Waals surface area contributed by atoms with Crippen LogP contribution in [-0.4, -0.2) is 15.0 Å². The molecule has 3 heterocycles. The van der Waals surface area contributed by atoms with Crippen LogP contribution in [0.3, 0.4) is 0 Å². The van der Waals surface area contributed by atoms with Gasteiger partial charge in [-0.05, 0) is 167 Å². The minimum Gasteiger partial charge on any atom is -0.256 e. The van der Waals surface area contributed by atoms with Gasteiger partial charge in [-0.3, -0.25) is 15.0 Å². The van der Waals surface area contributed by atoms with Crippen LogP contribution >= 0.6 is 0 Å². The van der Waals surface area contributed by atoms with Crippen molar-refractivity contribution in [1.82, 2.24) is 15.0 Å². The summed E-state index contributed by atoms with van der Waals surface area (Å²) in [4.78, 5) is 14.5. The van der Waals surface area contributed by atoms with Gasteiger partial charge in [0.25, 0.3) is 0 Å². The molecule has 1 fully saturated rings. The van der Waals surface area contributed by atoms with Crippen molar-refractivity contribution in [3.05, 3.63) is 233 Å². The van der Waals surface area contributed by atoms with E-state index in [9.17, 15) is 0 Å². The second-order valence-corrected chi connectivity index (χ2v) is 25.8. The molecule has 9 aromatic rings. The Balaban J connectivity index is 1.06. The summed E-state index contributed by atoms with van der Waals surface area (Å²) in [5, 5.41) is 0. The summed E-state index contributed by atoms with van der Waals surface area (Å²) >= 11 is 0. The minimum atomic E-state index is -0.0118. The highest BCUT2D eigenvalue weighted by molar-refractivity contribution is 5.76. The van der Waals surface area contributed by atoms with Crippen molar-refractivity contribution in [1.29, 1.82) is 0 Å². The molecule has 3 heteroatoms. The smallest absolute Gasteiger partial charge is 0.0704 e. The number of nitrogens with zero attached hydrogens (tertiary/aromatic N) is 3. The van der Waals surface area contributed by atoms with Gasteiger partial charge >= 0.3 is 0 Å². The van der Waals surface area contributed by atoms with E-state index in [1.165, 1.54) is 72.3 Å². The van der Waals surface area contributed by atoms with Crippen LogP contribution < -0.4 is 0 Å². The Labute approximate surface area is 455 Å². The monoisotopic (exact) mass is 996 g/mol. The number of hydrogen-bond acceptors (Lipinski definition) is 3. The van der Waals surface area contributed by atoms with Crippen molar-refractivity contribution in [3.8, 4) is 67.2 Å². The molecule has 10 rings (SSSR count). The van der Waals surface area contributed by atoms with E-state index in [0.29, 0.717) is 17.8 Å². The maximum Gasteiger partial charge on any atom is 0.0704 e. The van der Waals surface area contributed by atoms with Gasteiger partial charge in [0.05, 0.1) is 17.1 Å². The van der Waals surface area contributed by atoms with Gasteiger partial charge in [0.15, 0.2) is 0 Å². The van der Waals surface area contributed by atoms with Gasteiger partial charge in [0.1, 0.15) is 0 Å². The third kappa shape index (κ3) is 11.3. The van der Waals surface area contributed by atoms with E-state index < -0.39 is 0 Å². The molecule has 1 saturated carbocycles. The van der Waals surface area contributed by atoms with Crippen LogP contribution in [0.15, 0.2) is 195 Å². The Hall–Kier alpha value is -7.23. The SMILES string of the molecule is CC(C)(C)c1ccnc(-c2ccc(-c3ccccc3C3CC(c4ccccc4-c4ccc(-c5cc(C(C)(C)C)ccn5)cc4)CC(c4ccc(C(C)(C)C)cc4-c4ccc(-c5cc(C(C)(C)C)ccn5)cc4)C3)cc2)c1. The predicted molar refractivity (Wildman–Crippen MR) is 322 cm³/mol. The molecule has 0 aliphatic heterocycles. The van der Waals surface area contributed by atoms with Crippen molar-refractivity contribution in [3.63, 3.8) is 0 Å². The fourth-order valence-electron chi connectivity index (χ4n) is 11.6. The summed E-state index contributed by atoms with van der Waals surface area (Å²) in [6.45, 7) is 27.4. The van der Waals surface area contributed by atoms with E-state index in [1.54, 1.807) is 0 Å². The lowest BCUT2D eigenvalue weighted by Crippen LogP contribution is -2.21. The summed E-state index contributed by atoms with van der Waals surface area (Å²) in [7, 11) is 0. The second-order valence-electron chi connectivity index (χ2n) is 25.8. The van der Waals surface area contributed by atoms with Crippen molar-refractivity contribution in [2.75, 3.05) is 0 Å². The summed E-state index contributed by atoms with van der Waals surface area (Å²) in [6.07, 6.45) is 9.02. The predicted octanol–water partition coefficient (Wildman–Crippen LogP) is 19.9. The van der Waals surface area contributed by atoms with Gasteiger partial charge in [-0.2, -0.15) is 0 Å². The zero-order valence-electron chi connectivity index (χ0n) is 47.2. The van der Waals surface area contributed by atoms with Crippen LogP contribution in [0.1, 0.15) is 159 Å². The summed E-state index contributed by atoms with van der Waals surface area (Å²) in [5.41, 5.74) is 23.8. The number of hydrogen-bond donors (Lipinski definition) is 0. The molecular weight excluding hydrogens is 919 g/mol. The Kier molecular flexibility index (Phi) is 14.2. The average Bonchev–Trinajstić information content (AvgIpc) is 3.42. The zero-order chi connectivity index (χ0) is 53.6. The van der Waals surface area contributed by atoms with E-state index in [2.05, 4.69) is 259 Å². The highest BCUT2D eigenvalue weighted by atomic mass is 14.7. The Morgan fingerprint density at radius 3 is 0.882 bits per heavy atom. The lowest BCUT2D eigenvalue weighted by molar-refractivity contribution is 0.352. The molecule has 1 aliphatic carbocycles. The molecule has 6 aromatic carbocycles. The van der Waals surface area contributed by atoms with Gasteiger partial charge in [0, 0.05) is 35.3 Å². The average molecular weight is 996 g/mol. The molecule has 0 saturated heterocycles. The van der Waals surface area contributed by atoms with E-state index in [-0.39, 0.29) is 21.7 Å². The molecule has 3 nitrogen and oxygen atoms in total. The molecule has 76 heavy (non-hydrogen) atoms. The van der Waals surface area contributed by atoms with Crippen LogP contribution in [0.5, 0.6) is 0 Å². The number of pyridine rings is 3. The minimum absolute atomic E-state index is 0.0118. The van der Waals surface area contributed by atoms with Crippen LogP contribution in [0.4, 0.5) is 0 Å². The Morgan fingerprint density at radius 1 is 0.276 bits per heavy atom. The van der Waals surface area contributed by atoms with Crippen molar-refractivity contribution >= 4 is 0 Å². The Morgan fingerprint density at radius 2 is 0.553 bits per heavy atom. The third-order valence-corrected chi connectivity index (χ3v) is 16.2. The molecule has 0 spiro atoms. The summed E-state index contributed by atoms with van der Waals surface area (Å²) in [6, 6.07) is 66.6. The maximum absolute atomic E-state index is 4.85. The molecule has 0 amide bonds. The molecule has 0 bridgehead atoms. The van der Waals surface area contributed by atoms with Gasteiger partial charge in [-0.25, -0.2) is 0 Å². The molecule has 384 valence electrons. The molecular formula is C73H77N3. The van der Waals surface area contributed by atoms with Gasteiger partial charge in [-0.1, -0.05) is 223 Å². The number of aromatic nitrogens is 3. The number of benzene rings is 6. The van der Waals surface area contributed by atoms with E-state index in [1.807, 2.05) is 18.6 Å². The van der Waals surface area contributed by atoms with Crippen LogP contribution in [0, 0.1) is 0 Å².